The molecule has 156 valence electrons. The molecule has 0 radical (unpaired) electrons. The second kappa shape index (κ2) is 8.75. The Morgan fingerprint density at radius 3 is 2.55 bits per heavy atom. The Morgan fingerprint density at radius 2 is 1.93 bits per heavy atom. The number of fused-ring (bicyclic) bond motifs is 1. The summed E-state index contributed by atoms with van der Waals surface area (Å²) in [5.41, 5.74) is 9.60. The average Bonchev–Trinajstić information content (AvgIpc) is 2.63. The van der Waals surface area contributed by atoms with Gasteiger partial charge in [-0.25, -0.2) is 4.79 Å². The first-order valence-electron chi connectivity index (χ1n) is 9.54. The number of nitrogens with one attached hydrogen (secondary N) is 1. The van der Waals surface area contributed by atoms with Gasteiger partial charge < -0.3 is 15.8 Å². The monoisotopic (exact) mass is 498 g/mol. The smallest absolute Gasteiger partial charge is 0.404 e. The molecule has 0 saturated heterocycles. The van der Waals surface area contributed by atoms with Gasteiger partial charge in [-0.2, -0.15) is 0 Å². The van der Waals surface area contributed by atoms with E-state index in [0.29, 0.717) is 10.0 Å². The van der Waals surface area contributed by atoms with Crippen LogP contribution >= 0.6 is 39.1 Å². The van der Waals surface area contributed by atoms with Crippen molar-refractivity contribution in [1.82, 2.24) is 0 Å². The molecule has 1 amide bonds. The van der Waals surface area contributed by atoms with Crippen molar-refractivity contribution in [2.24, 2.45) is 5.73 Å². The maximum Gasteiger partial charge on any atom is 0.404 e. The van der Waals surface area contributed by atoms with E-state index in [1.165, 1.54) is 5.56 Å². The summed E-state index contributed by atoms with van der Waals surface area (Å²) < 4.78 is 6.16. The van der Waals surface area contributed by atoms with Gasteiger partial charge in [-0.05, 0) is 84.4 Å². The highest BCUT2D eigenvalue weighted by Gasteiger charge is 2.32. The Hall–Kier alpha value is -1.43. The van der Waals surface area contributed by atoms with Crippen molar-refractivity contribution in [2.45, 2.75) is 51.0 Å². The molecule has 0 aliphatic heterocycles. The second-order valence-electron chi connectivity index (χ2n) is 8.44. The molecule has 4 nitrogen and oxygen atoms in total. The largest absolute Gasteiger partial charge is 0.449 e. The number of halogens is 3. The molecule has 7 heteroatoms. The van der Waals surface area contributed by atoms with E-state index in [2.05, 4.69) is 54.2 Å². The van der Waals surface area contributed by atoms with Crippen LogP contribution in [-0.4, -0.2) is 18.2 Å². The van der Waals surface area contributed by atoms with Gasteiger partial charge in [-0.3, -0.25) is 0 Å². The topological polar surface area (TPSA) is 64.3 Å². The third-order valence-electron chi connectivity index (χ3n) is 5.08. The Morgan fingerprint density at radius 1 is 1.21 bits per heavy atom. The molecular formula is C22H25BrCl2N2O2. The summed E-state index contributed by atoms with van der Waals surface area (Å²) in [6.07, 6.45) is 1.03. The second-order valence-corrected chi connectivity index (χ2v) is 10.0. The minimum absolute atomic E-state index is 0.0626. The number of hydrogen-bond donors (Lipinski definition) is 2. The van der Waals surface area contributed by atoms with Gasteiger partial charge in [0, 0.05) is 27.5 Å². The SMILES string of the molecule is CC(C)(C)Nc1ccc2c(c1Br)[C@@H](COC(N)=O)CC[C@H]2c1ccc(Cl)c(Cl)c1. The van der Waals surface area contributed by atoms with Crippen molar-refractivity contribution < 1.29 is 9.53 Å². The zero-order chi connectivity index (χ0) is 21.3. The van der Waals surface area contributed by atoms with Crippen LogP contribution in [0.5, 0.6) is 0 Å². The maximum absolute atomic E-state index is 11.2. The van der Waals surface area contributed by atoms with E-state index in [-0.39, 0.29) is 24.0 Å². The fourth-order valence-electron chi connectivity index (χ4n) is 3.92. The number of anilines is 1. The van der Waals surface area contributed by atoms with E-state index in [1.807, 2.05) is 18.2 Å². The van der Waals surface area contributed by atoms with Crippen molar-refractivity contribution >= 4 is 50.9 Å². The normalized spacial score (nSPS) is 18.8. The molecule has 0 fully saturated rings. The van der Waals surface area contributed by atoms with Crippen LogP contribution in [0.3, 0.4) is 0 Å². The van der Waals surface area contributed by atoms with Crippen LogP contribution in [0.1, 0.15) is 62.1 Å². The zero-order valence-electron chi connectivity index (χ0n) is 16.7. The lowest BCUT2D eigenvalue weighted by Gasteiger charge is -2.34. The molecule has 0 aromatic heterocycles. The van der Waals surface area contributed by atoms with Gasteiger partial charge in [0.2, 0.25) is 0 Å². The highest BCUT2D eigenvalue weighted by molar-refractivity contribution is 9.10. The summed E-state index contributed by atoms with van der Waals surface area (Å²) in [6.45, 7) is 6.61. The molecule has 2 atom stereocenters. The van der Waals surface area contributed by atoms with Crippen molar-refractivity contribution in [1.29, 1.82) is 0 Å². The molecule has 1 aliphatic carbocycles. The van der Waals surface area contributed by atoms with Gasteiger partial charge in [0.05, 0.1) is 10.0 Å². The first kappa shape index (κ1) is 22.3. The van der Waals surface area contributed by atoms with E-state index in [0.717, 1.165) is 34.1 Å². The molecule has 2 aromatic rings. The first-order valence-corrected chi connectivity index (χ1v) is 11.1. The van der Waals surface area contributed by atoms with Crippen LogP contribution < -0.4 is 11.1 Å². The number of carbonyl (C=O) groups is 1. The van der Waals surface area contributed by atoms with E-state index in [9.17, 15) is 4.79 Å². The van der Waals surface area contributed by atoms with Gasteiger partial charge in [-0.1, -0.05) is 35.3 Å². The summed E-state index contributed by atoms with van der Waals surface area (Å²) in [4.78, 5) is 11.2. The highest BCUT2D eigenvalue weighted by atomic mass is 79.9. The summed E-state index contributed by atoms with van der Waals surface area (Å²) in [6, 6.07) is 10.0. The van der Waals surface area contributed by atoms with Gasteiger partial charge in [0.25, 0.3) is 0 Å². The Balaban J connectivity index is 2.07. The molecule has 0 heterocycles. The Labute approximate surface area is 190 Å². The Bertz CT molecular complexity index is 928. The quantitative estimate of drug-likeness (QED) is 0.472. The molecule has 0 bridgehead atoms. The third-order valence-corrected chi connectivity index (χ3v) is 6.68. The fraction of sp³-hybridized carbons (Fsp3) is 0.409. The molecular weight excluding hydrogens is 475 g/mol. The summed E-state index contributed by atoms with van der Waals surface area (Å²) in [5.74, 6) is 0.247. The number of primary amides is 1. The van der Waals surface area contributed by atoms with Crippen molar-refractivity contribution in [3.05, 3.63) is 61.5 Å². The Kier molecular flexibility index (Phi) is 6.71. The van der Waals surface area contributed by atoms with Crippen molar-refractivity contribution in [3.8, 4) is 0 Å². The lowest BCUT2D eigenvalue weighted by atomic mass is 9.74. The number of rotatable bonds is 4. The van der Waals surface area contributed by atoms with Gasteiger partial charge in [-0.15, -0.1) is 0 Å². The molecule has 29 heavy (non-hydrogen) atoms. The van der Waals surface area contributed by atoms with Crippen LogP contribution in [-0.2, 0) is 4.74 Å². The highest BCUT2D eigenvalue weighted by Crippen LogP contribution is 2.48. The molecule has 2 aromatic carbocycles. The molecule has 1 aliphatic rings. The van der Waals surface area contributed by atoms with E-state index in [4.69, 9.17) is 33.7 Å². The van der Waals surface area contributed by atoms with Crippen LogP contribution in [0.25, 0.3) is 0 Å². The van der Waals surface area contributed by atoms with Crippen LogP contribution in [0, 0.1) is 0 Å². The van der Waals surface area contributed by atoms with Gasteiger partial charge >= 0.3 is 6.09 Å². The predicted molar refractivity (Wildman–Crippen MR) is 123 cm³/mol. The van der Waals surface area contributed by atoms with Gasteiger partial charge in [0.15, 0.2) is 0 Å². The standard InChI is InChI=1S/C22H25BrCl2N2O2/c1-22(2,3)27-18-9-7-15-14(12-5-8-16(24)17(25)10-12)6-4-13(11-29-21(26)28)19(15)20(18)23/h5,7-10,13-14,27H,4,6,11H2,1-3H3,(H2,26,28)/t13-,14+/m1/s1. The minimum Gasteiger partial charge on any atom is -0.449 e. The van der Waals surface area contributed by atoms with Crippen LogP contribution in [0.15, 0.2) is 34.8 Å². The lowest BCUT2D eigenvalue weighted by Crippen LogP contribution is -2.27. The number of amides is 1. The molecule has 0 spiro atoms. The van der Waals surface area contributed by atoms with Crippen molar-refractivity contribution in [3.63, 3.8) is 0 Å². The van der Waals surface area contributed by atoms with Gasteiger partial charge in [0.1, 0.15) is 6.61 Å². The van der Waals surface area contributed by atoms with E-state index < -0.39 is 6.09 Å². The molecule has 0 saturated carbocycles. The summed E-state index contributed by atoms with van der Waals surface area (Å²) in [5, 5.41) is 4.64. The van der Waals surface area contributed by atoms with Crippen molar-refractivity contribution in [2.75, 3.05) is 11.9 Å². The van der Waals surface area contributed by atoms with E-state index >= 15 is 0 Å². The maximum atomic E-state index is 11.2. The summed E-state index contributed by atoms with van der Waals surface area (Å²) >= 11 is 16.2. The number of hydrogen-bond acceptors (Lipinski definition) is 3. The van der Waals surface area contributed by atoms with E-state index in [1.54, 1.807) is 0 Å². The van der Waals surface area contributed by atoms with Crippen LogP contribution in [0.4, 0.5) is 10.5 Å². The lowest BCUT2D eigenvalue weighted by molar-refractivity contribution is 0.145. The third kappa shape index (κ3) is 5.19. The number of nitrogens with two attached hydrogens (primary N) is 1. The van der Waals surface area contributed by atoms with Crippen LogP contribution in [0.2, 0.25) is 10.0 Å². The predicted octanol–water partition coefficient (Wildman–Crippen LogP) is 7.07. The first-order chi connectivity index (χ1) is 13.6. The average molecular weight is 500 g/mol. The number of ether oxygens (including phenoxy) is 1. The molecule has 3 rings (SSSR count). The number of carbonyl (C=O) groups excluding carboxylic acids is 1. The fourth-order valence-corrected chi connectivity index (χ4v) is 5.01. The molecule has 0 unspecified atom stereocenters. The number of benzene rings is 2. The minimum atomic E-state index is -0.752. The molecule has 3 N–H and O–H groups in total. The summed E-state index contributed by atoms with van der Waals surface area (Å²) in [7, 11) is 0. The zero-order valence-corrected chi connectivity index (χ0v) is 19.8.